The number of halogens is 1. The Morgan fingerprint density at radius 2 is 2.17 bits per heavy atom. The minimum atomic E-state index is -0.672. The van der Waals surface area contributed by atoms with E-state index in [1.54, 1.807) is 6.07 Å². The average Bonchev–Trinajstić information content (AvgIpc) is 2.55. The first-order valence-electron chi connectivity index (χ1n) is 7.63. The Labute approximate surface area is 132 Å². The summed E-state index contributed by atoms with van der Waals surface area (Å²) in [5.74, 6) is -1.20. The highest BCUT2D eigenvalue weighted by atomic mass is 19.1. The number of rotatable bonds is 4. The lowest BCUT2D eigenvalue weighted by Gasteiger charge is -2.16. The summed E-state index contributed by atoms with van der Waals surface area (Å²) < 4.78 is 14.8. The third kappa shape index (κ3) is 3.44. The van der Waals surface area contributed by atoms with Crippen molar-refractivity contribution in [1.29, 1.82) is 0 Å². The van der Waals surface area contributed by atoms with Crippen LogP contribution in [0.4, 0.5) is 4.39 Å². The van der Waals surface area contributed by atoms with Crippen LogP contribution in [0, 0.1) is 5.82 Å². The highest BCUT2D eigenvalue weighted by Gasteiger charge is 2.14. The van der Waals surface area contributed by atoms with Crippen LogP contribution in [-0.4, -0.2) is 27.2 Å². The van der Waals surface area contributed by atoms with Gasteiger partial charge in [0.15, 0.2) is 5.82 Å². The minimum absolute atomic E-state index is 0.0641. The molecule has 0 bridgehead atoms. The Morgan fingerprint density at radius 1 is 1.35 bits per heavy atom. The van der Waals surface area contributed by atoms with Crippen molar-refractivity contribution in [2.45, 2.75) is 32.2 Å². The summed E-state index contributed by atoms with van der Waals surface area (Å²) >= 11 is 0. The maximum Gasteiger partial charge on any atom is 0.267 e. The van der Waals surface area contributed by atoms with E-state index in [1.165, 1.54) is 16.9 Å². The van der Waals surface area contributed by atoms with Crippen LogP contribution >= 0.6 is 0 Å². The summed E-state index contributed by atoms with van der Waals surface area (Å²) in [5, 5.41) is 6.96. The van der Waals surface area contributed by atoms with Crippen molar-refractivity contribution >= 4 is 5.91 Å². The maximum absolute atomic E-state index is 13.5. The first kappa shape index (κ1) is 15.3. The largest absolute Gasteiger partial charge is 0.350 e. The van der Waals surface area contributed by atoms with Gasteiger partial charge < -0.3 is 5.32 Å². The van der Waals surface area contributed by atoms with Crippen molar-refractivity contribution in [3.8, 4) is 0 Å². The molecule has 3 rings (SSSR count). The highest BCUT2D eigenvalue weighted by Crippen LogP contribution is 2.16. The summed E-state index contributed by atoms with van der Waals surface area (Å²) in [5.41, 5.74) is 1.75. The summed E-state index contributed by atoms with van der Waals surface area (Å²) in [7, 11) is 0. The number of nitrogens with zero attached hydrogens (tertiary/aromatic N) is 3. The van der Waals surface area contributed by atoms with Crippen LogP contribution in [0.2, 0.25) is 0 Å². The fraction of sp³-hybridized carbons (Fsp3) is 0.375. The third-order valence-electron chi connectivity index (χ3n) is 3.90. The van der Waals surface area contributed by atoms with Crippen LogP contribution in [0.25, 0.3) is 0 Å². The molecule has 1 aliphatic rings. The molecule has 0 saturated carbocycles. The summed E-state index contributed by atoms with van der Waals surface area (Å²) in [6.45, 7) is 0.455. The van der Waals surface area contributed by atoms with Gasteiger partial charge in [-0.1, -0.05) is 0 Å². The molecule has 0 fully saturated rings. The van der Waals surface area contributed by atoms with Crippen molar-refractivity contribution in [3.63, 3.8) is 0 Å². The van der Waals surface area contributed by atoms with Gasteiger partial charge in [0, 0.05) is 18.8 Å². The summed E-state index contributed by atoms with van der Waals surface area (Å²) in [6, 6.07) is 2.94. The predicted molar refractivity (Wildman–Crippen MR) is 81.7 cm³/mol. The molecule has 120 valence electrons. The van der Waals surface area contributed by atoms with Gasteiger partial charge in [0.05, 0.1) is 24.0 Å². The molecule has 2 aromatic heterocycles. The van der Waals surface area contributed by atoms with E-state index in [0.717, 1.165) is 43.1 Å². The molecular weight excluding hydrogens is 299 g/mol. The molecule has 0 saturated heterocycles. The Balaban J connectivity index is 1.64. The molecule has 7 heteroatoms. The van der Waals surface area contributed by atoms with Crippen LogP contribution in [0.15, 0.2) is 29.3 Å². The van der Waals surface area contributed by atoms with Gasteiger partial charge in [-0.3, -0.25) is 14.6 Å². The van der Waals surface area contributed by atoms with Gasteiger partial charge in [0.1, 0.15) is 0 Å². The molecule has 0 spiro atoms. The Kier molecular flexibility index (Phi) is 4.45. The van der Waals surface area contributed by atoms with E-state index >= 15 is 0 Å². The smallest absolute Gasteiger partial charge is 0.267 e. The van der Waals surface area contributed by atoms with E-state index in [2.05, 4.69) is 15.4 Å². The number of carbonyl (C=O) groups is 1. The average molecular weight is 316 g/mol. The van der Waals surface area contributed by atoms with Crippen molar-refractivity contribution in [1.82, 2.24) is 20.1 Å². The molecule has 1 aliphatic carbocycles. The second-order valence-corrected chi connectivity index (χ2v) is 5.50. The normalized spacial score (nSPS) is 13.4. The first-order chi connectivity index (χ1) is 11.1. The zero-order chi connectivity index (χ0) is 16.2. The molecule has 2 aromatic rings. The zero-order valence-electron chi connectivity index (χ0n) is 12.6. The molecule has 0 radical (unpaired) electrons. The Morgan fingerprint density at radius 3 is 3.00 bits per heavy atom. The predicted octanol–water partition coefficient (Wildman–Crippen LogP) is 1.09. The van der Waals surface area contributed by atoms with Crippen molar-refractivity contribution < 1.29 is 9.18 Å². The fourth-order valence-corrected chi connectivity index (χ4v) is 2.69. The lowest BCUT2D eigenvalue weighted by molar-refractivity contribution is 0.0947. The highest BCUT2D eigenvalue weighted by molar-refractivity contribution is 5.94. The molecule has 0 atom stereocenters. The van der Waals surface area contributed by atoms with Gasteiger partial charge in [-0.25, -0.2) is 9.07 Å². The number of hydrogen-bond acceptors (Lipinski definition) is 4. The van der Waals surface area contributed by atoms with Gasteiger partial charge in [-0.2, -0.15) is 5.10 Å². The van der Waals surface area contributed by atoms with Crippen LogP contribution < -0.4 is 10.9 Å². The topological polar surface area (TPSA) is 76.9 Å². The van der Waals surface area contributed by atoms with E-state index in [-0.39, 0.29) is 24.2 Å². The van der Waals surface area contributed by atoms with Crippen molar-refractivity contribution in [2.24, 2.45) is 0 Å². The maximum atomic E-state index is 13.5. The van der Waals surface area contributed by atoms with E-state index in [9.17, 15) is 14.0 Å². The minimum Gasteiger partial charge on any atom is -0.350 e. The molecule has 1 amide bonds. The van der Waals surface area contributed by atoms with Gasteiger partial charge >= 0.3 is 0 Å². The standard InChI is InChI=1S/C16H17FN4O2/c17-13-10-18-6-5-12(13)16(23)19-7-8-21-15(22)9-11-3-1-2-4-14(11)20-21/h5-6,9-10H,1-4,7-8H2,(H,19,23). The second-order valence-electron chi connectivity index (χ2n) is 5.50. The molecule has 23 heavy (non-hydrogen) atoms. The fourth-order valence-electron chi connectivity index (χ4n) is 2.69. The third-order valence-corrected chi connectivity index (χ3v) is 3.90. The number of aromatic nitrogens is 3. The number of nitrogens with one attached hydrogen (secondary N) is 1. The number of fused-ring (bicyclic) bond motifs is 1. The second kappa shape index (κ2) is 6.68. The lowest BCUT2D eigenvalue weighted by atomic mass is 9.97. The van der Waals surface area contributed by atoms with Crippen LogP contribution in [0.5, 0.6) is 0 Å². The van der Waals surface area contributed by atoms with Crippen LogP contribution in [0.3, 0.4) is 0 Å². The molecule has 0 aliphatic heterocycles. The van der Waals surface area contributed by atoms with E-state index in [4.69, 9.17) is 0 Å². The Hall–Kier alpha value is -2.57. The van der Waals surface area contributed by atoms with E-state index < -0.39 is 11.7 Å². The quantitative estimate of drug-likeness (QED) is 0.916. The van der Waals surface area contributed by atoms with Gasteiger partial charge in [-0.15, -0.1) is 0 Å². The van der Waals surface area contributed by atoms with Gasteiger partial charge in [0.25, 0.3) is 11.5 Å². The van der Waals surface area contributed by atoms with Crippen molar-refractivity contribution in [3.05, 3.63) is 57.5 Å². The molecular formula is C16H17FN4O2. The zero-order valence-corrected chi connectivity index (χ0v) is 12.6. The molecule has 2 heterocycles. The number of aryl methyl sites for hydroxylation is 2. The SMILES string of the molecule is O=C(NCCn1nc2c(cc1=O)CCCC2)c1ccncc1F. The van der Waals surface area contributed by atoms with E-state index in [0.29, 0.717) is 0 Å². The van der Waals surface area contributed by atoms with Gasteiger partial charge in [-0.05, 0) is 37.3 Å². The van der Waals surface area contributed by atoms with Crippen LogP contribution in [0.1, 0.15) is 34.5 Å². The molecule has 1 N–H and O–H groups in total. The summed E-state index contributed by atoms with van der Waals surface area (Å²) in [4.78, 5) is 27.5. The number of amides is 1. The lowest BCUT2D eigenvalue weighted by Crippen LogP contribution is -2.33. The first-order valence-corrected chi connectivity index (χ1v) is 7.63. The van der Waals surface area contributed by atoms with Crippen molar-refractivity contribution in [2.75, 3.05) is 6.54 Å². The molecule has 0 aromatic carbocycles. The number of carbonyl (C=O) groups excluding carboxylic acids is 1. The Bertz CT molecular complexity index is 788. The number of pyridine rings is 1. The monoisotopic (exact) mass is 316 g/mol. The molecule has 6 nitrogen and oxygen atoms in total. The number of hydrogen-bond donors (Lipinski definition) is 1. The summed E-state index contributed by atoms with van der Waals surface area (Å²) in [6.07, 6.45) is 6.29. The van der Waals surface area contributed by atoms with Crippen LogP contribution in [-0.2, 0) is 19.4 Å². The molecule has 0 unspecified atom stereocenters. The van der Waals surface area contributed by atoms with Gasteiger partial charge in [0.2, 0.25) is 0 Å². The van der Waals surface area contributed by atoms with E-state index in [1.807, 2.05) is 0 Å².